The molecule has 0 saturated carbocycles. The Morgan fingerprint density at radius 1 is 0.250 bits per heavy atom. The summed E-state index contributed by atoms with van der Waals surface area (Å²) in [6.07, 6.45) is 3.58. The Hall–Kier alpha value is -8.36. The summed E-state index contributed by atoms with van der Waals surface area (Å²) in [6.45, 7) is 0. The predicted molar refractivity (Wildman–Crippen MR) is 238 cm³/mol. The monoisotopic (exact) mass is 770 g/mol. The van der Waals surface area contributed by atoms with E-state index >= 15 is 0 Å². The molecular formula is C52H34N8. The number of hydrogen-bond acceptors (Lipinski definition) is 8. The highest BCUT2D eigenvalue weighted by molar-refractivity contribution is 5.83. The van der Waals surface area contributed by atoms with Crippen LogP contribution in [0.4, 0.5) is 0 Å². The van der Waals surface area contributed by atoms with Gasteiger partial charge in [-0.25, -0.2) is 29.9 Å². The van der Waals surface area contributed by atoms with Gasteiger partial charge in [-0.15, -0.1) is 0 Å². The third-order valence-electron chi connectivity index (χ3n) is 10.1. The van der Waals surface area contributed by atoms with E-state index in [2.05, 4.69) is 48.5 Å². The number of pyridine rings is 3. The largest absolute Gasteiger partial charge is 0.254 e. The number of aromatic nitrogens is 8. The smallest absolute Gasteiger partial charge is 0.165 e. The van der Waals surface area contributed by atoms with Crippen LogP contribution in [0.5, 0.6) is 0 Å². The number of nitrogens with zero attached hydrogens (tertiary/aromatic N) is 8. The minimum Gasteiger partial charge on any atom is -0.254 e. The van der Waals surface area contributed by atoms with Gasteiger partial charge in [-0.1, -0.05) is 152 Å². The van der Waals surface area contributed by atoms with Crippen LogP contribution < -0.4 is 0 Å². The van der Waals surface area contributed by atoms with Gasteiger partial charge < -0.3 is 0 Å². The van der Waals surface area contributed by atoms with E-state index in [0.717, 1.165) is 55.9 Å². The van der Waals surface area contributed by atoms with Crippen molar-refractivity contribution in [3.63, 3.8) is 0 Å². The van der Waals surface area contributed by atoms with Gasteiger partial charge in [-0.2, -0.15) is 0 Å². The minimum absolute atomic E-state index is 0.527. The molecule has 0 atom stereocenters. The highest BCUT2D eigenvalue weighted by Crippen LogP contribution is 2.35. The molecule has 0 saturated heterocycles. The maximum atomic E-state index is 5.23. The Morgan fingerprint density at radius 2 is 0.733 bits per heavy atom. The molecule has 0 bridgehead atoms. The van der Waals surface area contributed by atoms with Gasteiger partial charge in [0.1, 0.15) is 0 Å². The van der Waals surface area contributed by atoms with Gasteiger partial charge in [0, 0.05) is 45.8 Å². The number of rotatable bonds is 9. The van der Waals surface area contributed by atoms with E-state index in [1.165, 1.54) is 0 Å². The summed E-state index contributed by atoms with van der Waals surface area (Å²) in [5.74, 6) is 2.26. The van der Waals surface area contributed by atoms with Crippen molar-refractivity contribution in [3.05, 3.63) is 207 Å². The third-order valence-corrected chi connectivity index (χ3v) is 10.1. The van der Waals surface area contributed by atoms with Crippen LogP contribution >= 0.6 is 0 Å². The first-order chi connectivity index (χ1) is 29.7. The molecule has 8 nitrogen and oxygen atoms in total. The van der Waals surface area contributed by atoms with Crippen molar-refractivity contribution >= 4 is 0 Å². The van der Waals surface area contributed by atoms with Crippen LogP contribution in [0, 0.1) is 0 Å². The summed E-state index contributed by atoms with van der Waals surface area (Å²) in [6, 6.07) is 64.5. The SMILES string of the molecule is c1ccc(-c2cc(-c3ccc(-c4nc(-c5ccccc5)nc(-c5ccccc5)n4)cn3)nc(-c3ncccc3-c3nc(-c4ccccc4)cc(-c4ccccc4)n3)c2)cc1. The zero-order chi connectivity index (χ0) is 40.1. The number of benzene rings is 5. The van der Waals surface area contributed by atoms with Gasteiger partial charge in [0.25, 0.3) is 0 Å². The van der Waals surface area contributed by atoms with E-state index in [4.69, 9.17) is 39.9 Å². The van der Waals surface area contributed by atoms with E-state index in [1.54, 1.807) is 12.4 Å². The molecule has 10 rings (SSSR count). The van der Waals surface area contributed by atoms with Gasteiger partial charge in [0.05, 0.1) is 34.2 Å². The average Bonchev–Trinajstić information content (AvgIpc) is 3.35. The first-order valence-corrected chi connectivity index (χ1v) is 19.6. The fourth-order valence-corrected chi connectivity index (χ4v) is 7.07. The van der Waals surface area contributed by atoms with Gasteiger partial charge in [0.2, 0.25) is 0 Å². The Labute approximate surface area is 347 Å². The topological polar surface area (TPSA) is 103 Å². The summed E-state index contributed by atoms with van der Waals surface area (Å²) in [7, 11) is 0. The van der Waals surface area contributed by atoms with Gasteiger partial charge >= 0.3 is 0 Å². The third kappa shape index (κ3) is 7.56. The molecule has 0 aliphatic heterocycles. The molecular weight excluding hydrogens is 737 g/mol. The molecule has 0 fully saturated rings. The van der Waals surface area contributed by atoms with Crippen LogP contribution in [-0.2, 0) is 0 Å². The van der Waals surface area contributed by atoms with Crippen molar-refractivity contribution in [2.45, 2.75) is 0 Å². The molecule has 0 N–H and O–H groups in total. The molecule has 0 radical (unpaired) electrons. The predicted octanol–water partition coefficient (Wildman–Crippen LogP) is 11.8. The highest BCUT2D eigenvalue weighted by atomic mass is 15.0. The van der Waals surface area contributed by atoms with Gasteiger partial charge in [0.15, 0.2) is 23.3 Å². The first kappa shape index (κ1) is 36.0. The van der Waals surface area contributed by atoms with Crippen molar-refractivity contribution in [2.24, 2.45) is 0 Å². The summed E-state index contributed by atoms with van der Waals surface area (Å²) in [5.41, 5.74) is 11.6. The second kappa shape index (κ2) is 16.2. The standard InChI is InChI=1S/C52H34N8/c1-6-17-35(18-7-1)41-31-46(43-29-28-40(34-54-43)51-59-49(38-23-12-4-13-24-38)58-50(60-51)39-25-14-5-15-26-39)55-47(32-41)48-42(27-16-30-53-48)52-56-44(36-19-8-2-9-20-36)33-45(57-52)37-21-10-3-11-22-37/h1-34H. The molecule has 0 amide bonds. The van der Waals surface area contributed by atoms with E-state index in [-0.39, 0.29) is 0 Å². The zero-order valence-electron chi connectivity index (χ0n) is 32.2. The van der Waals surface area contributed by atoms with Crippen molar-refractivity contribution in [3.8, 4) is 102 Å². The van der Waals surface area contributed by atoms with Crippen molar-refractivity contribution in [1.82, 2.24) is 39.9 Å². The molecule has 0 spiro atoms. The van der Waals surface area contributed by atoms with Crippen LogP contribution in [-0.4, -0.2) is 39.9 Å². The van der Waals surface area contributed by atoms with E-state index < -0.39 is 0 Å². The fraction of sp³-hybridized carbons (Fsp3) is 0. The molecule has 0 unspecified atom stereocenters. The average molecular weight is 771 g/mol. The van der Waals surface area contributed by atoms with E-state index in [1.807, 2.05) is 146 Å². The number of hydrogen-bond donors (Lipinski definition) is 0. The fourth-order valence-electron chi connectivity index (χ4n) is 7.07. The van der Waals surface area contributed by atoms with Crippen molar-refractivity contribution in [1.29, 1.82) is 0 Å². The maximum absolute atomic E-state index is 5.23. The summed E-state index contributed by atoms with van der Waals surface area (Å²) >= 11 is 0. The van der Waals surface area contributed by atoms with E-state index in [9.17, 15) is 0 Å². The summed E-state index contributed by atoms with van der Waals surface area (Å²) < 4.78 is 0. The maximum Gasteiger partial charge on any atom is 0.165 e. The zero-order valence-corrected chi connectivity index (χ0v) is 32.2. The Kier molecular flexibility index (Phi) is 9.75. The molecule has 0 aliphatic rings. The summed E-state index contributed by atoms with van der Waals surface area (Å²) in [5, 5.41) is 0. The molecule has 10 aromatic rings. The molecule has 5 aromatic heterocycles. The first-order valence-electron chi connectivity index (χ1n) is 19.6. The quantitative estimate of drug-likeness (QED) is 0.143. The van der Waals surface area contributed by atoms with Crippen LogP contribution in [0.15, 0.2) is 207 Å². The normalized spacial score (nSPS) is 11.0. The Bertz CT molecular complexity index is 2940. The minimum atomic E-state index is 0.527. The molecule has 8 heteroatoms. The van der Waals surface area contributed by atoms with Crippen LogP contribution in [0.25, 0.3) is 102 Å². The Morgan fingerprint density at radius 3 is 1.25 bits per heavy atom. The lowest BCUT2D eigenvalue weighted by Gasteiger charge is -2.14. The molecule has 5 aromatic carbocycles. The van der Waals surface area contributed by atoms with E-state index in [0.29, 0.717) is 46.1 Å². The molecule has 5 heterocycles. The molecule has 282 valence electrons. The lowest BCUT2D eigenvalue weighted by atomic mass is 10.0. The molecule has 0 aliphatic carbocycles. The lowest BCUT2D eigenvalue weighted by molar-refractivity contribution is 1.07. The van der Waals surface area contributed by atoms with Crippen molar-refractivity contribution < 1.29 is 0 Å². The van der Waals surface area contributed by atoms with Crippen LogP contribution in [0.2, 0.25) is 0 Å². The molecule has 60 heavy (non-hydrogen) atoms. The summed E-state index contributed by atoms with van der Waals surface area (Å²) in [4.78, 5) is 40.0. The van der Waals surface area contributed by atoms with Crippen molar-refractivity contribution in [2.75, 3.05) is 0 Å². The van der Waals surface area contributed by atoms with Gasteiger partial charge in [-0.3, -0.25) is 9.97 Å². The second-order valence-corrected chi connectivity index (χ2v) is 14.1. The lowest BCUT2D eigenvalue weighted by Crippen LogP contribution is -2.01. The Balaban J connectivity index is 1.09. The van der Waals surface area contributed by atoms with Crippen LogP contribution in [0.3, 0.4) is 0 Å². The second-order valence-electron chi connectivity index (χ2n) is 14.1. The highest BCUT2D eigenvalue weighted by Gasteiger charge is 2.19. The van der Waals surface area contributed by atoms with Crippen LogP contribution in [0.1, 0.15) is 0 Å². The van der Waals surface area contributed by atoms with Gasteiger partial charge in [-0.05, 0) is 53.6 Å².